The molecule has 0 atom stereocenters. The third-order valence-corrected chi connectivity index (χ3v) is 12.9. The molecule has 202 valence electrons. The zero-order chi connectivity index (χ0) is 28.5. The molecule has 0 saturated carbocycles. The number of methoxy groups -OCH3 is 2. The van der Waals surface area contributed by atoms with Crippen LogP contribution in [0.4, 0.5) is 11.4 Å². The summed E-state index contributed by atoms with van der Waals surface area (Å²) in [6.45, 7) is 0. The Bertz CT molecular complexity index is 1460. The molecule has 0 aromatic heterocycles. The van der Waals surface area contributed by atoms with E-state index < -0.39 is 11.9 Å². The number of hydrogen-bond acceptors (Lipinski definition) is 6. The van der Waals surface area contributed by atoms with Crippen molar-refractivity contribution < 1.29 is 28.7 Å². The maximum absolute atomic E-state index is 13.3. The number of benzene rings is 4. The second kappa shape index (κ2) is 13.7. The summed E-state index contributed by atoms with van der Waals surface area (Å²) in [5.74, 6) is -1.76. The van der Waals surface area contributed by atoms with E-state index in [-0.39, 0.29) is 49.2 Å². The van der Waals surface area contributed by atoms with Crippen molar-refractivity contribution in [2.45, 2.75) is 0 Å². The molecule has 0 fully saturated rings. The predicted molar refractivity (Wildman–Crippen MR) is 155 cm³/mol. The number of ether oxygens (including phenoxy) is 2. The Morgan fingerprint density at radius 1 is 0.500 bits per heavy atom. The number of anilines is 2. The molecule has 0 saturated heterocycles. The molecule has 0 aliphatic rings. The molecule has 0 bridgehead atoms. The molecule has 10 heteroatoms. The number of para-hydroxylation sites is 2. The van der Waals surface area contributed by atoms with Gasteiger partial charge in [-0.3, -0.25) is 0 Å². The van der Waals surface area contributed by atoms with Gasteiger partial charge in [0.1, 0.15) is 0 Å². The third kappa shape index (κ3) is 6.86. The monoisotopic (exact) mass is 668 g/mol. The van der Waals surface area contributed by atoms with Crippen LogP contribution in [0, 0.1) is 0 Å². The molecule has 0 unspecified atom stereocenters. The van der Waals surface area contributed by atoms with Crippen molar-refractivity contribution in [2.24, 2.45) is 0 Å². The SMILES string of the molecule is COC(=O)c1ccccc1NC(=O)c1ccccc1[Se][Se]c1ccccc1C(=O)Nc1ccccc1C(=O)OC. The van der Waals surface area contributed by atoms with Crippen molar-refractivity contribution in [3.8, 4) is 0 Å². The first-order valence-electron chi connectivity index (χ1n) is 11.9. The van der Waals surface area contributed by atoms with E-state index in [0.717, 1.165) is 8.92 Å². The fourth-order valence-electron chi connectivity index (χ4n) is 3.68. The summed E-state index contributed by atoms with van der Waals surface area (Å²) >= 11 is -0.299. The first kappa shape index (κ1) is 28.8. The maximum atomic E-state index is 13.3. The van der Waals surface area contributed by atoms with Crippen LogP contribution in [0.15, 0.2) is 97.1 Å². The average molecular weight is 666 g/mol. The Morgan fingerprint density at radius 2 is 0.825 bits per heavy atom. The van der Waals surface area contributed by atoms with Crippen molar-refractivity contribution in [1.82, 2.24) is 0 Å². The Hall–Kier alpha value is -4.20. The summed E-state index contributed by atoms with van der Waals surface area (Å²) in [5.41, 5.74) is 2.25. The number of rotatable bonds is 9. The van der Waals surface area contributed by atoms with Gasteiger partial charge in [-0.2, -0.15) is 0 Å². The van der Waals surface area contributed by atoms with Gasteiger partial charge in [-0.25, -0.2) is 0 Å². The van der Waals surface area contributed by atoms with Gasteiger partial charge in [-0.1, -0.05) is 0 Å². The van der Waals surface area contributed by atoms with Gasteiger partial charge in [0, 0.05) is 0 Å². The van der Waals surface area contributed by atoms with Gasteiger partial charge in [0.25, 0.3) is 0 Å². The standard InChI is InChI=1S/C30H24N2O6Se2/c1-37-29(35)19-11-3-7-15-23(19)31-27(33)21-13-5-9-17-25(21)39-40-26-18-10-6-14-22(26)28(34)32-24-16-8-4-12-20(24)30(36)38-2/h3-18H,1-2H3,(H,31,33)(H,32,34). The van der Waals surface area contributed by atoms with Crippen LogP contribution in [0.3, 0.4) is 0 Å². The van der Waals surface area contributed by atoms with Gasteiger partial charge in [0.15, 0.2) is 0 Å². The molecule has 0 heterocycles. The number of esters is 2. The van der Waals surface area contributed by atoms with Gasteiger partial charge in [0.2, 0.25) is 0 Å². The fraction of sp³-hybridized carbons (Fsp3) is 0.0667. The van der Waals surface area contributed by atoms with Crippen LogP contribution in [0.25, 0.3) is 0 Å². The van der Waals surface area contributed by atoms with Crippen LogP contribution in [0.5, 0.6) is 0 Å². The van der Waals surface area contributed by atoms with Crippen molar-refractivity contribution in [2.75, 3.05) is 24.9 Å². The van der Waals surface area contributed by atoms with Crippen molar-refractivity contribution in [1.29, 1.82) is 0 Å². The first-order valence-corrected chi connectivity index (χ1v) is 18.0. The summed E-state index contributed by atoms with van der Waals surface area (Å²) in [7, 11) is 2.58. The Balaban J connectivity index is 1.52. The number of nitrogens with one attached hydrogen (secondary N) is 2. The second-order valence-corrected chi connectivity index (χ2v) is 14.3. The van der Waals surface area contributed by atoms with Crippen LogP contribution < -0.4 is 19.6 Å². The van der Waals surface area contributed by atoms with E-state index >= 15 is 0 Å². The quantitative estimate of drug-likeness (QED) is 0.210. The normalized spacial score (nSPS) is 10.3. The summed E-state index contributed by atoms with van der Waals surface area (Å²) in [6, 6.07) is 27.9. The van der Waals surface area contributed by atoms with E-state index in [4.69, 9.17) is 9.47 Å². The third-order valence-electron chi connectivity index (χ3n) is 5.65. The molecule has 2 N–H and O–H groups in total. The number of amides is 2. The van der Waals surface area contributed by atoms with Crippen molar-refractivity contribution >= 4 is 70.3 Å². The van der Waals surface area contributed by atoms with E-state index in [1.807, 2.05) is 24.3 Å². The zero-order valence-corrected chi connectivity index (χ0v) is 24.9. The molecule has 8 nitrogen and oxygen atoms in total. The van der Waals surface area contributed by atoms with E-state index in [1.54, 1.807) is 72.8 Å². The fourth-order valence-corrected chi connectivity index (χ4v) is 10.8. The first-order chi connectivity index (χ1) is 19.4. The summed E-state index contributed by atoms with van der Waals surface area (Å²) in [6.07, 6.45) is 0. The molecule has 0 radical (unpaired) electrons. The van der Waals surface area contributed by atoms with Gasteiger partial charge in [-0.05, 0) is 0 Å². The van der Waals surface area contributed by atoms with Crippen LogP contribution in [-0.2, 0) is 9.47 Å². The minimum atomic E-state index is -0.541. The molecule has 2 amide bonds. The molecule has 40 heavy (non-hydrogen) atoms. The molecule has 4 aromatic carbocycles. The predicted octanol–water partition coefficient (Wildman–Crippen LogP) is 3.04. The number of carbonyl (C=O) groups excluding carboxylic acids is 4. The van der Waals surface area contributed by atoms with Crippen molar-refractivity contribution in [3.05, 3.63) is 119 Å². The molecule has 0 aliphatic heterocycles. The van der Waals surface area contributed by atoms with Crippen molar-refractivity contribution in [3.63, 3.8) is 0 Å². The van der Waals surface area contributed by atoms with Crippen LogP contribution in [0.1, 0.15) is 41.4 Å². The number of carbonyl (C=O) groups is 4. The summed E-state index contributed by atoms with van der Waals surface area (Å²) < 4.78 is 11.4. The molecular weight excluding hydrogens is 642 g/mol. The summed E-state index contributed by atoms with van der Waals surface area (Å²) in [5, 5.41) is 5.66. The van der Waals surface area contributed by atoms with Gasteiger partial charge < -0.3 is 0 Å². The Kier molecular flexibility index (Phi) is 9.89. The van der Waals surface area contributed by atoms with Gasteiger partial charge in [0.05, 0.1) is 0 Å². The van der Waals surface area contributed by atoms with E-state index in [0.29, 0.717) is 22.5 Å². The topological polar surface area (TPSA) is 111 Å². The molecule has 4 aromatic rings. The second-order valence-electron chi connectivity index (χ2n) is 8.14. The van der Waals surface area contributed by atoms with E-state index in [9.17, 15) is 19.2 Å². The zero-order valence-electron chi connectivity index (χ0n) is 21.5. The Labute approximate surface area is 242 Å². The van der Waals surface area contributed by atoms with Gasteiger partial charge in [-0.15, -0.1) is 0 Å². The van der Waals surface area contributed by atoms with Crippen LogP contribution in [0.2, 0.25) is 0 Å². The Morgan fingerprint density at radius 3 is 1.20 bits per heavy atom. The molecule has 4 rings (SSSR count). The van der Waals surface area contributed by atoms with Crippen LogP contribution in [-0.4, -0.2) is 64.2 Å². The minimum absolute atomic E-state index is 0.150. The van der Waals surface area contributed by atoms with E-state index in [2.05, 4.69) is 10.6 Å². The van der Waals surface area contributed by atoms with E-state index in [1.165, 1.54) is 14.2 Å². The summed E-state index contributed by atoms with van der Waals surface area (Å²) in [4.78, 5) is 50.8. The number of hydrogen-bond donors (Lipinski definition) is 2. The molecule has 0 spiro atoms. The molecule has 0 aliphatic carbocycles. The molecular formula is C30H24N2O6Se2. The van der Waals surface area contributed by atoms with Gasteiger partial charge >= 0.3 is 243 Å². The van der Waals surface area contributed by atoms with Crippen LogP contribution >= 0.6 is 0 Å². The average Bonchev–Trinajstić information content (AvgIpc) is 3.00.